The largest absolute Gasteiger partial charge is 0.351 e. The molecular weight excluding hydrogens is 420 g/mol. The van der Waals surface area contributed by atoms with Crippen molar-refractivity contribution in [1.82, 2.24) is 14.9 Å². The first-order valence-electron chi connectivity index (χ1n) is 10.9. The van der Waals surface area contributed by atoms with Crippen LogP contribution in [0.1, 0.15) is 34.6 Å². The van der Waals surface area contributed by atoms with E-state index in [4.69, 9.17) is 4.98 Å². The maximum absolute atomic E-state index is 12.8. The number of carbonyl (C=O) groups excluding carboxylic acids is 2. The molecular formula is C25H24N4O2S. The average Bonchev–Trinajstić information content (AvgIpc) is 3.57. The number of carbonyl (C=O) groups is 2. The zero-order valence-electron chi connectivity index (χ0n) is 17.6. The predicted molar refractivity (Wildman–Crippen MR) is 128 cm³/mol. The molecule has 0 aliphatic carbocycles. The second-order valence-electron chi connectivity index (χ2n) is 7.97. The average molecular weight is 445 g/mol. The predicted octanol–water partition coefficient (Wildman–Crippen LogP) is 5.10. The standard InChI is InChI=1S/C25H24N4O2S/c30-22(29-14-6-7-15-29)13-12-21-23(17-8-2-1-3-9-17)27-25(32-21)28-24(31)20-16-18-10-4-5-11-19(18)26-20/h1-5,8-11,16,26H,6-7,12-15H2,(H,27,28,31). The van der Waals surface area contributed by atoms with Gasteiger partial charge in [-0.05, 0) is 31.4 Å². The maximum Gasteiger partial charge on any atom is 0.273 e. The van der Waals surface area contributed by atoms with Crippen LogP contribution in [0.25, 0.3) is 22.2 Å². The van der Waals surface area contributed by atoms with Gasteiger partial charge in [0.2, 0.25) is 5.91 Å². The minimum absolute atomic E-state index is 0.193. The minimum atomic E-state index is -0.228. The van der Waals surface area contributed by atoms with E-state index in [1.807, 2.05) is 65.6 Å². The summed E-state index contributed by atoms with van der Waals surface area (Å²) in [5, 5.41) is 4.46. The zero-order valence-corrected chi connectivity index (χ0v) is 18.5. The van der Waals surface area contributed by atoms with Crippen LogP contribution in [0, 0.1) is 0 Å². The van der Waals surface area contributed by atoms with Gasteiger partial charge in [0.05, 0.1) is 5.69 Å². The van der Waals surface area contributed by atoms with E-state index in [9.17, 15) is 9.59 Å². The molecule has 1 saturated heterocycles. The van der Waals surface area contributed by atoms with Crippen LogP contribution in [-0.4, -0.2) is 39.8 Å². The van der Waals surface area contributed by atoms with Crippen molar-refractivity contribution in [2.24, 2.45) is 0 Å². The Bertz CT molecular complexity index is 1220. The van der Waals surface area contributed by atoms with Crippen LogP contribution in [0.2, 0.25) is 0 Å². The quantitative estimate of drug-likeness (QED) is 0.434. The smallest absolute Gasteiger partial charge is 0.273 e. The van der Waals surface area contributed by atoms with Gasteiger partial charge in [-0.1, -0.05) is 48.5 Å². The maximum atomic E-state index is 12.8. The van der Waals surface area contributed by atoms with Gasteiger partial charge in [0.25, 0.3) is 5.91 Å². The first-order valence-corrected chi connectivity index (χ1v) is 11.7. The van der Waals surface area contributed by atoms with Crippen molar-refractivity contribution in [2.75, 3.05) is 18.4 Å². The lowest BCUT2D eigenvalue weighted by molar-refractivity contribution is -0.130. The lowest BCUT2D eigenvalue weighted by atomic mass is 10.1. The molecule has 2 aromatic heterocycles. The molecule has 2 amide bonds. The molecule has 0 spiro atoms. The Morgan fingerprint density at radius 1 is 1.03 bits per heavy atom. The Morgan fingerprint density at radius 3 is 2.56 bits per heavy atom. The monoisotopic (exact) mass is 444 g/mol. The van der Waals surface area contributed by atoms with E-state index in [1.54, 1.807) is 0 Å². The van der Waals surface area contributed by atoms with E-state index in [0.29, 0.717) is 23.7 Å². The van der Waals surface area contributed by atoms with E-state index in [-0.39, 0.29) is 11.8 Å². The number of aromatic nitrogens is 2. The molecule has 0 bridgehead atoms. The van der Waals surface area contributed by atoms with Gasteiger partial charge >= 0.3 is 0 Å². The van der Waals surface area contributed by atoms with Crippen molar-refractivity contribution in [1.29, 1.82) is 0 Å². The van der Waals surface area contributed by atoms with Gasteiger partial charge in [-0.15, -0.1) is 11.3 Å². The Morgan fingerprint density at radius 2 is 1.78 bits per heavy atom. The number of aromatic amines is 1. The van der Waals surface area contributed by atoms with Crippen LogP contribution in [-0.2, 0) is 11.2 Å². The number of anilines is 1. The highest BCUT2D eigenvalue weighted by Crippen LogP contribution is 2.32. The molecule has 6 nitrogen and oxygen atoms in total. The number of hydrogen-bond acceptors (Lipinski definition) is 4. The topological polar surface area (TPSA) is 78.1 Å². The van der Waals surface area contributed by atoms with Crippen LogP contribution >= 0.6 is 11.3 Å². The van der Waals surface area contributed by atoms with Crippen LogP contribution in [0.3, 0.4) is 0 Å². The summed E-state index contributed by atoms with van der Waals surface area (Å²) in [4.78, 5) is 36.2. The van der Waals surface area contributed by atoms with Crippen molar-refractivity contribution >= 4 is 39.2 Å². The number of fused-ring (bicyclic) bond motifs is 1. The highest BCUT2D eigenvalue weighted by molar-refractivity contribution is 7.16. The van der Waals surface area contributed by atoms with E-state index >= 15 is 0 Å². The summed E-state index contributed by atoms with van der Waals surface area (Å²) in [6, 6.07) is 19.5. The highest BCUT2D eigenvalue weighted by Gasteiger charge is 2.21. The van der Waals surface area contributed by atoms with Crippen molar-refractivity contribution in [3.8, 4) is 11.3 Å². The molecule has 3 heterocycles. The Hall–Kier alpha value is -3.45. The fourth-order valence-electron chi connectivity index (χ4n) is 4.10. The summed E-state index contributed by atoms with van der Waals surface area (Å²) in [5.74, 6) is -0.0344. The number of para-hydroxylation sites is 1. The lowest BCUT2D eigenvalue weighted by Crippen LogP contribution is -2.27. The third-order valence-corrected chi connectivity index (χ3v) is 6.79. The van der Waals surface area contributed by atoms with Gasteiger partial charge < -0.3 is 9.88 Å². The summed E-state index contributed by atoms with van der Waals surface area (Å²) >= 11 is 1.44. The van der Waals surface area contributed by atoms with Crippen LogP contribution in [0.5, 0.6) is 0 Å². The second-order valence-corrected chi connectivity index (χ2v) is 9.05. The molecule has 32 heavy (non-hydrogen) atoms. The minimum Gasteiger partial charge on any atom is -0.351 e. The van der Waals surface area contributed by atoms with Crippen molar-refractivity contribution in [3.63, 3.8) is 0 Å². The molecule has 1 aliphatic rings. The normalized spacial score (nSPS) is 13.6. The number of likely N-dealkylation sites (tertiary alicyclic amines) is 1. The number of amides is 2. The third kappa shape index (κ3) is 4.29. The van der Waals surface area contributed by atoms with Crippen LogP contribution < -0.4 is 5.32 Å². The summed E-state index contributed by atoms with van der Waals surface area (Å²) in [6.07, 6.45) is 3.24. The van der Waals surface area contributed by atoms with Gasteiger partial charge in [-0.2, -0.15) is 0 Å². The Balaban J connectivity index is 1.37. The van der Waals surface area contributed by atoms with Gasteiger partial charge in [-0.3, -0.25) is 14.9 Å². The first kappa shape index (κ1) is 20.5. The zero-order chi connectivity index (χ0) is 21.9. The summed E-state index contributed by atoms with van der Waals surface area (Å²) in [6.45, 7) is 1.72. The molecule has 7 heteroatoms. The van der Waals surface area contributed by atoms with Crippen LogP contribution in [0.15, 0.2) is 60.7 Å². The molecule has 2 N–H and O–H groups in total. The number of aryl methyl sites for hydroxylation is 1. The van der Waals surface area contributed by atoms with E-state index in [2.05, 4.69) is 10.3 Å². The molecule has 0 saturated carbocycles. The van der Waals surface area contributed by atoms with E-state index in [0.717, 1.165) is 53.0 Å². The molecule has 2 aromatic carbocycles. The SMILES string of the molecule is O=C(Nc1nc(-c2ccccc2)c(CCC(=O)N2CCCC2)s1)c1cc2ccccc2[nH]1. The number of nitrogens with zero attached hydrogens (tertiary/aromatic N) is 2. The number of H-pyrrole nitrogens is 1. The first-order chi connectivity index (χ1) is 15.7. The van der Waals surface area contributed by atoms with Crippen LogP contribution in [0.4, 0.5) is 5.13 Å². The molecule has 0 atom stereocenters. The fraction of sp³-hybridized carbons (Fsp3) is 0.240. The molecule has 1 aliphatic heterocycles. The number of nitrogens with one attached hydrogen (secondary N) is 2. The van der Waals surface area contributed by atoms with Gasteiger partial charge in [0.15, 0.2) is 5.13 Å². The summed E-state index contributed by atoms with van der Waals surface area (Å²) in [7, 11) is 0. The summed E-state index contributed by atoms with van der Waals surface area (Å²) < 4.78 is 0. The van der Waals surface area contributed by atoms with Gasteiger partial charge in [0.1, 0.15) is 5.69 Å². The van der Waals surface area contributed by atoms with E-state index < -0.39 is 0 Å². The molecule has 0 radical (unpaired) electrons. The summed E-state index contributed by atoms with van der Waals surface area (Å²) in [5.41, 5.74) is 3.23. The van der Waals surface area contributed by atoms with Crippen molar-refractivity contribution < 1.29 is 9.59 Å². The number of thiazole rings is 1. The van der Waals surface area contributed by atoms with Crippen molar-refractivity contribution in [2.45, 2.75) is 25.7 Å². The molecule has 1 fully saturated rings. The molecule has 4 aromatic rings. The second kappa shape index (κ2) is 8.96. The molecule has 5 rings (SSSR count). The molecule has 162 valence electrons. The van der Waals surface area contributed by atoms with E-state index in [1.165, 1.54) is 11.3 Å². The Labute approximate surface area is 190 Å². The Kier molecular flexibility index (Phi) is 5.73. The number of rotatable bonds is 6. The number of benzene rings is 2. The highest BCUT2D eigenvalue weighted by atomic mass is 32.1. The lowest BCUT2D eigenvalue weighted by Gasteiger charge is -2.14. The van der Waals surface area contributed by atoms with Gasteiger partial charge in [-0.25, -0.2) is 4.98 Å². The van der Waals surface area contributed by atoms with Crippen molar-refractivity contribution in [3.05, 3.63) is 71.2 Å². The number of hydrogen-bond donors (Lipinski definition) is 2. The fourth-order valence-corrected chi connectivity index (χ4v) is 5.08. The third-order valence-electron chi connectivity index (χ3n) is 5.76. The van der Waals surface area contributed by atoms with Gasteiger partial charge in [0, 0.05) is 40.9 Å². The molecule has 0 unspecified atom stereocenters.